The van der Waals surface area contributed by atoms with E-state index in [2.05, 4.69) is 10.3 Å². The number of methoxy groups -OCH3 is 1. The van der Waals surface area contributed by atoms with E-state index in [9.17, 15) is 9.59 Å². The summed E-state index contributed by atoms with van der Waals surface area (Å²) in [5.74, 6) is -0.301. The normalized spacial score (nSPS) is 10.6. The van der Waals surface area contributed by atoms with E-state index in [1.54, 1.807) is 31.4 Å². The van der Waals surface area contributed by atoms with Gasteiger partial charge < -0.3 is 15.2 Å². The Hall–Kier alpha value is -4.19. The van der Waals surface area contributed by atoms with Crippen LogP contribution in [0.4, 0.5) is 5.82 Å². The Labute approximate surface area is 179 Å². The zero-order chi connectivity index (χ0) is 22.0. The van der Waals surface area contributed by atoms with Gasteiger partial charge in [-0.05, 0) is 60.5 Å². The number of benzene rings is 3. The smallest absolute Gasteiger partial charge is 0.335 e. The number of fused-ring (bicyclic) bond motifs is 1. The fourth-order valence-corrected chi connectivity index (χ4v) is 3.57. The molecule has 6 nitrogen and oxygen atoms in total. The first-order chi connectivity index (χ1) is 15.0. The molecule has 0 atom stereocenters. The number of ether oxygens (including phenoxy) is 1. The van der Waals surface area contributed by atoms with Crippen molar-refractivity contribution in [2.24, 2.45) is 0 Å². The van der Waals surface area contributed by atoms with Crippen LogP contribution in [0, 0.1) is 6.92 Å². The minimum Gasteiger partial charge on any atom is -0.496 e. The average molecular weight is 412 g/mol. The van der Waals surface area contributed by atoms with Gasteiger partial charge in [0.15, 0.2) is 0 Å². The second kappa shape index (κ2) is 8.28. The number of hydrogen-bond donors (Lipinski definition) is 2. The van der Waals surface area contributed by atoms with Gasteiger partial charge in [0, 0.05) is 10.9 Å². The number of rotatable bonds is 5. The number of nitrogens with zero attached hydrogens (tertiary/aromatic N) is 1. The van der Waals surface area contributed by atoms with Crippen LogP contribution in [0.15, 0.2) is 72.8 Å². The molecule has 31 heavy (non-hydrogen) atoms. The van der Waals surface area contributed by atoms with Gasteiger partial charge >= 0.3 is 5.97 Å². The molecule has 4 aromatic rings. The van der Waals surface area contributed by atoms with E-state index in [0.29, 0.717) is 28.0 Å². The SMILES string of the molecule is COc1ccc(-c2ccccc2)c(C(=O)Nc2ccc3cc(C(=O)O)ccc3n2)c1C. The van der Waals surface area contributed by atoms with Crippen molar-refractivity contribution < 1.29 is 19.4 Å². The van der Waals surface area contributed by atoms with Gasteiger partial charge in [0.1, 0.15) is 11.6 Å². The summed E-state index contributed by atoms with van der Waals surface area (Å²) in [6, 6.07) is 21.5. The van der Waals surface area contributed by atoms with Gasteiger partial charge in [0.25, 0.3) is 5.91 Å². The van der Waals surface area contributed by atoms with Crippen molar-refractivity contribution in [1.29, 1.82) is 0 Å². The van der Waals surface area contributed by atoms with Crippen molar-refractivity contribution in [2.45, 2.75) is 6.92 Å². The van der Waals surface area contributed by atoms with Crippen LogP contribution >= 0.6 is 0 Å². The molecule has 6 heteroatoms. The van der Waals surface area contributed by atoms with Crippen LogP contribution in [0.3, 0.4) is 0 Å². The molecule has 3 aromatic carbocycles. The molecule has 154 valence electrons. The summed E-state index contributed by atoms with van der Waals surface area (Å²) in [6.07, 6.45) is 0. The molecule has 0 aliphatic carbocycles. The van der Waals surface area contributed by atoms with Crippen molar-refractivity contribution in [3.05, 3.63) is 89.5 Å². The highest BCUT2D eigenvalue weighted by Crippen LogP contribution is 2.32. The molecule has 0 unspecified atom stereocenters. The molecule has 0 spiro atoms. The summed E-state index contributed by atoms with van der Waals surface area (Å²) in [7, 11) is 1.57. The first kappa shape index (κ1) is 20.1. The number of carbonyl (C=O) groups excluding carboxylic acids is 1. The van der Waals surface area contributed by atoms with Gasteiger partial charge in [0.2, 0.25) is 0 Å². The van der Waals surface area contributed by atoms with Crippen LogP contribution in [-0.2, 0) is 0 Å². The van der Waals surface area contributed by atoms with Crippen LogP contribution in [0.1, 0.15) is 26.3 Å². The lowest BCUT2D eigenvalue weighted by atomic mass is 9.94. The third-order valence-corrected chi connectivity index (χ3v) is 5.12. The Bertz CT molecular complexity index is 1300. The molecule has 0 aliphatic rings. The molecule has 0 radical (unpaired) electrons. The van der Waals surface area contributed by atoms with E-state index < -0.39 is 5.97 Å². The topological polar surface area (TPSA) is 88.5 Å². The van der Waals surface area contributed by atoms with Crippen molar-refractivity contribution >= 4 is 28.6 Å². The van der Waals surface area contributed by atoms with E-state index in [1.165, 1.54) is 6.07 Å². The highest BCUT2D eigenvalue weighted by atomic mass is 16.5. The van der Waals surface area contributed by atoms with Crippen molar-refractivity contribution in [3.8, 4) is 16.9 Å². The minimum absolute atomic E-state index is 0.186. The van der Waals surface area contributed by atoms with Crippen molar-refractivity contribution in [2.75, 3.05) is 12.4 Å². The van der Waals surface area contributed by atoms with E-state index in [0.717, 1.165) is 16.7 Å². The molecule has 0 bridgehead atoms. The molecule has 0 aliphatic heterocycles. The summed E-state index contributed by atoms with van der Waals surface area (Å²) >= 11 is 0. The molecule has 1 amide bonds. The van der Waals surface area contributed by atoms with Gasteiger partial charge in [0.05, 0.1) is 23.8 Å². The number of carboxylic acids is 1. The summed E-state index contributed by atoms with van der Waals surface area (Å²) in [4.78, 5) is 28.9. The minimum atomic E-state index is -0.999. The lowest BCUT2D eigenvalue weighted by Gasteiger charge is -2.16. The second-order valence-electron chi connectivity index (χ2n) is 7.04. The molecule has 0 saturated carbocycles. The van der Waals surface area contributed by atoms with Crippen LogP contribution in [0.5, 0.6) is 5.75 Å². The molecular weight excluding hydrogens is 392 g/mol. The van der Waals surface area contributed by atoms with Crippen LogP contribution in [-0.4, -0.2) is 29.1 Å². The Morgan fingerprint density at radius 1 is 0.968 bits per heavy atom. The van der Waals surface area contributed by atoms with Gasteiger partial charge in [-0.25, -0.2) is 9.78 Å². The van der Waals surface area contributed by atoms with E-state index in [4.69, 9.17) is 9.84 Å². The maximum atomic E-state index is 13.3. The number of carboxylic acid groups (broad SMARTS) is 1. The number of carbonyl (C=O) groups is 2. The molecule has 2 N–H and O–H groups in total. The zero-order valence-corrected chi connectivity index (χ0v) is 17.0. The number of aromatic carboxylic acids is 1. The number of nitrogens with one attached hydrogen (secondary N) is 1. The molecule has 0 fully saturated rings. The third kappa shape index (κ3) is 3.96. The van der Waals surface area contributed by atoms with Crippen molar-refractivity contribution in [3.63, 3.8) is 0 Å². The number of aromatic nitrogens is 1. The maximum absolute atomic E-state index is 13.3. The average Bonchev–Trinajstić information content (AvgIpc) is 2.78. The quantitative estimate of drug-likeness (QED) is 0.472. The lowest BCUT2D eigenvalue weighted by molar-refractivity contribution is 0.0697. The predicted octanol–water partition coefficient (Wildman–Crippen LogP) is 5.17. The number of amides is 1. The standard InChI is InChI=1S/C25H20N2O4/c1-15-21(31-2)12-10-19(16-6-4-3-5-7-16)23(15)24(28)27-22-13-9-17-14-18(25(29)30)8-11-20(17)26-22/h3-14H,1-2H3,(H,29,30)(H,26,27,28). The van der Waals surface area contributed by atoms with Crippen LogP contribution < -0.4 is 10.1 Å². The molecule has 1 heterocycles. The third-order valence-electron chi connectivity index (χ3n) is 5.12. The first-order valence-corrected chi connectivity index (χ1v) is 9.66. The number of anilines is 1. The maximum Gasteiger partial charge on any atom is 0.335 e. The van der Waals surface area contributed by atoms with E-state index in [-0.39, 0.29) is 11.5 Å². The van der Waals surface area contributed by atoms with E-state index >= 15 is 0 Å². The second-order valence-corrected chi connectivity index (χ2v) is 7.04. The largest absolute Gasteiger partial charge is 0.496 e. The fourth-order valence-electron chi connectivity index (χ4n) is 3.57. The van der Waals surface area contributed by atoms with Gasteiger partial charge in [-0.1, -0.05) is 30.3 Å². The van der Waals surface area contributed by atoms with Gasteiger partial charge in [-0.15, -0.1) is 0 Å². The monoisotopic (exact) mass is 412 g/mol. The van der Waals surface area contributed by atoms with Crippen molar-refractivity contribution in [1.82, 2.24) is 4.98 Å². The molecule has 0 saturated heterocycles. The molecular formula is C25H20N2O4. The van der Waals surface area contributed by atoms with Crippen LogP contribution in [0.25, 0.3) is 22.0 Å². The Morgan fingerprint density at radius 2 is 1.74 bits per heavy atom. The van der Waals surface area contributed by atoms with Gasteiger partial charge in [-0.2, -0.15) is 0 Å². The highest BCUT2D eigenvalue weighted by Gasteiger charge is 2.19. The molecule has 4 rings (SSSR count). The Balaban J connectivity index is 1.73. The highest BCUT2D eigenvalue weighted by molar-refractivity contribution is 6.10. The summed E-state index contributed by atoms with van der Waals surface area (Å²) in [5, 5.41) is 12.7. The summed E-state index contributed by atoms with van der Waals surface area (Å²) < 4.78 is 5.42. The Kier molecular flexibility index (Phi) is 5.37. The first-order valence-electron chi connectivity index (χ1n) is 9.66. The Morgan fingerprint density at radius 3 is 2.45 bits per heavy atom. The van der Waals surface area contributed by atoms with Crippen LogP contribution in [0.2, 0.25) is 0 Å². The summed E-state index contributed by atoms with van der Waals surface area (Å²) in [6.45, 7) is 1.85. The summed E-state index contributed by atoms with van der Waals surface area (Å²) in [5.41, 5.74) is 3.73. The fraction of sp³-hybridized carbons (Fsp3) is 0.0800. The molecule has 1 aromatic heterocycles. The van der Waals surface area contributed by atoms with E-state index in [1.807, 2.05) is 49.4 Å². The zero-order valence-electron chi connectivity index (χ0n) is 17.0. The predicted molar refractivity (Wildman–Crippen MR) is 120 cm³/mol. The number of pyridine rings is 1. The van der Waals surface area contributed by atoms with Gasteiger partial charge in [-0.3, -0.25) is 4.79 Å². The number of hydrogen-bond acceptors (Lipinski definition) is 4. The lowest BCUT2D eigenvalue weighted by Crippen LogP contribution is -2.16.